The van der Waals surface area contributed by atoms with Gasteiger partial charge in [-0.15, -0.1) is 0 Å². The van der Waals surface area contributed by atoms with Crippen LogP contribution in [0.2, 0.25) is 0 Å². The van der Waals surface area contributed by atoms with E-state index in [4.69, 9.17) is 0 Å². The van der Waals surface area contributed by atoms with Crippen LogP contribution in [0.5, 0.6) is 5.75 Å². The Labute approximate surface area is 226 Å². The number of hydrogen-bond acceptors (Lipinski definition) is 6. The van der Waals surface area contributed by atoms with Crippen molar-refractivity contribution in [2.24, 2.45) is 0 Å². The number of amides is 3. The number of nitrogens with one attached hydrogen (secondary N) is 2. The second kappa shape index (κ2) is 11.8. The fraction of sp³-hybridized carbons (Fsp3) is 0.240. The summed E-state index contributed by atoms with van der Waals surface area (Å²) in [4.78, 5) is 31.3. The molecule has 0 fully saturated rings. The Morgan fingerprint density at radius 2 is 1.77 bits per heavy atom. The molecule has 1 aliphatic rings. The molecule has 4 rings (SSSR count). The van der Waals surface area contributed by atoms with Gasteiger partial charge in [0.15, 0.2) is 0 Å². The van der Waals surface area contributed by atoms with Crippen molar-refractivity contribution < 1.29 is 40.3 Å². The maximum absolute atomic E-state index is 13.8. The summed E-state index contributed by atoms with van der Waals surface area (Å²) < 4.78 is 85.4. The van der Waals surface area contributed by atoms with Crippen LogP contribution >= 0.6 is 0 Å². The lowest BCUT2D eigenvalue weighted by Gasteiger charge is -2.26. The number of pyridine rings is 1. The summed E-state index contributed by atoms with van der Waals surface area (Å²) in [7, 11) is -3.12. The number of carbonyl (C=O) groups excluding carboxylic acids is 2. The molecule has 3 aromatic rings. The molecule has 1 aromatic heterocycles. The molecule has 0 saturated carbocycles. The molecule has 2 N–H and O–H groups in total. The lowest BCUT2D eigenvalue weighted by atomic mass is 10.0. The molecule has 0 saturated heterocycles. The topological polar surface area (TPSA) is 121 Å². The Kier molecular flexibility index (Phi) is 8.42. The van der Waals surface area contributed by atoms with Crippen molar-refractivity contribution >= 4 is 33.7 Å². The molecule has 0 unspecified atom stereocenters. The van der Waals surface area contributed by atoms with Crippen LogP contribution in [0.1, 0.15) is 11.1 Å². The van der Waals surface area contributed by atoms with E-state index >= 15 is 0 Å². The minimum absolute atomic E-state index is 0.00533. The fourth-order valence-corrected chi connectivity index (χ4v) is 5.28. The van der Waals surface area contributed by atoms with E-state index in [1.54, 1.807) is 12.1 Å². The SMILES string of the molecule is CN(C(=O)[C@H](Cc1cc(F)cc(F)c1)NC(=O)NS(=O)(=O)N1CCc2cccnc21)c1ccc(OC(F)F)cc1. The average Bonchev–Trinajstić information content (AvgIpc) is 3.32. The minimum atomic E-state index is -4.43. The number of likely N-dealkylation sites (N-methyl/N-ethyl adjacent to an activating group) is 1. The second-order valence-corrected chi connectivity index (χ2v) is 10.3. The number of anilines is 2. The largest absolute Gasteiger partial charge is 0.435 e. The Balaban J connectivity index is 1.54. The fourth-order valence-electron chi connectivity index (χ4n) is 4.15. The molecule has 0 radical (unpaired) electrons. The molecule has 15 heteroatoms. The number of carbonyl (C=O) groups is 2. The summed E-state index contributed by atoms with van der Waals surface area (Å²) in [5.41, 5.74) is 0.878. The quantitative estimate of drug-likeness (QED) is 0.375. The van der Waals surface area contributed by atoms with E-state index in [1.807, 2.05) is 4.72 Å². The molecule has 2 heterocycles. The van der Waals surface area contributed by atoms with Crippen LogP contribution in [0.3, 0.4) is 0 Å². The number of hydrogen-bond donors (Lipinski definition) is 2. The lowest BCUT2D eigenvalue weighted by Crippen LogP contribution is -2.54. The Morgan fingerprint density at radius 3 is 2.42 bits per heavy atom. The van der Waals surface area contributed by atoms with Crippen LogP contribution in [-0.2, 0) is 27.8 Å². The van der Waals surface area contributed by atoms with E-state index in [0.29, 0.717) is 18.1 Å². The third-order valence-electron chi connectivity index (χ3n) is 5.95. The number of rotatable bonds is 9. The first-order valence-electron chi connectivity index (χ1n) is 11.8. The van der Waals surface area contributed by atoms with Gasteiger partial charge in [0.1, 0.15) is 29.2 Å². The van der Waals surface area contributed by atoms with Gasteiger partial charge >= 0.3 is 22.9 Å². The first-order chi connectivity index (χ1) is 18.9. The first-order valence-corrected chi connectivity index (χ1v) is 13.2. The summed E-state index contributed by atoms with van der Waals surface area (Å²) in [6.45, 7) is -3.02. The van der Waals surface area contributed by atoms with Gasteiger partial charge in [0.05, 0.1) is 0 Å². The molecular formula is C25H23F4N5O5S. The molecule has 212 valence electrons. The summed E-state index contributed by atoms with van der Waals surface area (Å²) in [6, 6.07) is 8.12. The highest BCUT2D eigenvalue weighted by atomic mass is 32.2. The molecule has 40 heavy (non-hydrogen) atoms. The van der Waals surface area contributed by atoms with Gasteiger partial charge < -0.3 is 15.0 Å². The minimum Gasteiger partial charge on any atom is -0.435 e. The maximum Gasteiger partial charge on any atom is 0.387 e. The van der Waals surface area contributed by atoms with Crippen LogP contribution in [0, 0.1) is 11.6 Å². The van der Waals surface area contributed by atoms with Gasteiger partial charge in [-0.25, -0.2) is 27.6 Å². The lowest BCUT2D eigenvalue weighted by molar-refractivity contribution is -0.120. The number of ether oxygens (including phenoxy) is 1. The van der Waals surface area contributed by atoms with E-state index in [-0.39, 0.29) is 29.4 Å². The molecule has 1 aliphatic heterocycles. The van der Waals surface area contributed by atoms with E-state index in [9.17, 15) is 35.6 Å². The number of alkyl halides is 2. The summed E-state index contributed by atoms with van der Waals surface area (Å²) in [6.07, 6.45) is 1.37. The average molecular weight is 582 g/mol. The smallest absolute Gasteiger partial charge is 0.387 e. The van der Waals surface area contributed by atoms with Crippen molar-refractivity contribution in [2.45, 2.75) is 25.5 Å². The molecule has 0 spiro atoms. The van der Waals surface area contributed by atoms with Gasteiger partial charge in [0.25, 0.3) is 0 Å². The molecule has 2 aromatic carbocycles. The van der Waals surface area contributed by atoms with E-state index in [2.05, 4.69) is 15.0 Å². The highest BCUT2D eigenvalue weighted by Crippen LogP contribution is 2.27. The second-order valence-electron chi connectivity index (χ2n) is 8.69. The summed E-state index contributed by atoms with van der Waals surface area (Å²) in [5, 5.41) is 2.26. The van der Waals surface area contributed by atoms with Crippen molar-refractivity contribution in [1.82, 2.24) is 15.0 Å². The monoisotopic (exact) mass is 581 g/mol. The highest BCUT2D eigenvalue weighted by Gasteiger charge is 2.33. The predicted octanol–water partition coefficient (Wildman–Crippen LogP) is 3.14. The van der Waals surface area contributed by atoms with E-state index < -0.39 is 52.9 Å². The normalized spacial score (nSPS) is 13.5. The molecular weight excluding hydrogens is 558 g/mol. The van der Waals surface area contributed by atoms with Gasteiger partial charge in [0, 0.05) is 38.0 Å². The van der Waals surface area contributed by atoms with Crippen LogP contribution in [0.4, 0.5) is 33.9 Å². The molecule has 3 amide bonds. The van der Waals surface area contributed by atoms with Gasteiger partial charge in [-0.2, -0.15) is 17.2 Å². The van der Waals surface area contributed by atoms with Crippen molar-refractivity contribution in [2.75, 3.05) is 22.8 Å². The zero-order valence-corrected chi connectivity index (χ0v) is 21.7. The van der Waals surface area contributed by atoms with Gasteiger partial charge in [0.2, 0.25) is 5.91 Å². The van der Waals surface area contributed by atoms with Gasteiger partial charge in [-0.1, -0.05) is 6.07 Å². The van der Waals surface area contributed by atoms with Crippen molar-refractivity contribution in [1.29, 1.82) is 0 Å². The van der Waals surface area contributed by atoms with Crippen LogP contribution in [0.25, 0.3) is 0 Å². The molecule has 1 atom stereocenters. The number of halogens is 4. The number of benzene rings is 2. The summed E-state index contributed by atoms with van der Waals surface area (Å²) in [5.74, 6) is -2.64. The summed E-state index contributed by atoms with van der Waals surface area (Å²) >= 11 is 0. The molecule has 0 bridgehead atoms. The van der Waals surface area contributed by atoms with Crippen molar-refractivity contribution in [3.05, 3.63) is 83.6 Å². The zero-order valence-electron chi connectivity index (χ0n) is 20.9. The number of aromatic nitrogens is 1. The Hall–Kier alpha value is -4.40. The van der Waals surface area contributed by atoms with Crippen LogP contribution in [0.15, 0.2) is 60.8 Å². The third-order valence-corrected chi connectivity index (χ3v) is 7.32. The van der Waals surface area contributed by atoms with Crippen molar-refractivity contribution in [3.8, 4) is 5.75 Å². The van der Waals surface area contributed by atoms with E-state index in [0.717, 1.165) is 21.3 Å². The zero-order chi connectivity index (χ0) is 29.0. The third kappa shape index (κ3) is 6.77. The van der Waals surface area contributed by atoms with Crippen LogP contribution < -0.4 is 24.0 Å². The number of nitrogens with zero attached hydrogens (tertiary/aromatic N) is 3. The highest BCUT2D eigenvalue weighted by molar-refractivity contribution is 7.91. The van der Waals surface area contributed by atoms with Gasteiger partial charge in [-0.3, -0.25) is 4.79 Å². The first kappa shape index (κ1) is 28.6. The maximum atomic E-state index is 13.8. The molecule has 0 aliphatic carbocycles. The van der Waals surface area contributed by atoms with E-state index in [1.165, 1.54) is 37.5 Å². The van der Waals surface area contributed by atoms with Crippen LogP contribution in [-0.4, -0.2) is 51.6 Å². The van der Waals surface area contributed by atoms with Crippen molar-refractivity contribution in [3.63, 3.8) is 0 Å². The Bertz CT molecular complexity index is 1490. The number of urea groups is 1. The number of fused-ring (bicyclic) bond motifs is 1. The van der Waals surface area contributed by atoms with Gasteiger partial charge in [-0.05, 0) is 60.0 Å². The predicted molar refractivity (Wildman–Crippen MR) is 136 cm³/mol. The molecule has 10 nitrogen and oxygen atoms in total. The standard InChI is InChI=1S/C25H23F4N5O5S/c1-33(19-4-6-20(7-5-19)39-24(28)29)23(35)21(13-15-11-17(26)14-18(27)12-15)31-25(36)32-40(37,38)34-10-8-16-3-2-9-30-22(16)34/h2-7,9,11-12,14,21,24H,8,10,13H2,1H3,(H2,31,32,36)/t21-/m0/s1. The Morgan fingerprint density at radius 1 is 1.10 bits per heavy atom.